The third-order valence-electron chi connectivity index (χ3n) is 4.02. The molecule has 28 heavy (non-hydrogen) atoms. The highest BCUT2D eigenvalue weighted by atomic mass is 16.5. The molecule has 1 aromatic heterocycles. The summed E-state index contributed by atoms with van der Waals surface area (Å²) in [4.78, 5) is 21.5. The number of nitrogens with zero attached hydrogens (tertiary/aromatic N) is 2. The minimum absolute atomic E-state index is 0.243. The number of benzene rings is 2. The third kappa shape index (κ3) is 4.56. The molecule has 7 heteroatoms. The van der Waals surface area contributed by atoms with Gasteiger partial charge in [-0.1, -0.05) is 12.1 Å². The highest BCUT2D eigenvalue weighted by Crippen LogP contribution is 2.29. The Bertz CT molecular complexity index is 1000. The molecule has 0 atom stereocenters. The van der Waals surface area contributed by atoms with Gasteiger partial charge in [-0.15, -0.1) is 0 Å². The van der Waals surface area contributed by atoms with Crippen LogP contribution in [0.3, 0.4) is 0 Å². The number of nitrogens with one attached hydrogen (secondary N) is 2. The highest BCUT2D eigenvalue weighted by molar-refractivity contribution is 6.04. The van der Waals surface area contributed by atoms with E-state index in [1.165, 1.54) is 7.11 Å². The van der Waals surface area contributed by atoms with Crippen LogP contribution >= 0.6 is 0 Å². The second-order valence-electron chi connectivity index (χ2n) is 6.23. The van der Waals surface area contributed by atoms with Crippen LogP contribution in [0.25, 0.3) is 0 Å². The molecule has 0 unspecified atom stereocenters. The van der Waals surface area contributed by atoms with Gasteiger partial charge in [-0.2, -0.15) is 0 Å². The molecule has 0 radical (unpaired) electrons. The molecule has 1 heterocycles. The normalized spacial score (nSPS) is 10.3. The lowest BCUT2D eigenvalue weighted by atomic mass is 10.2. The summed E-state index contributed by atoms with van der Waals surface area (Å²) in [6, 6.07) is 14.6. The molecular formula is C21H22N4O3. The molecule has 0 aliphatic heterocycles. The van der Waals surface area contributed by atoms with Gasteiger partial charge >= 0.3 is 0 Å². The van der Waals surface area contributed by atoms with E-state index in [1.807, 2.05) is 38.1 Å². The van der Waals surface area contributed by atoms with E-state index in [4.69, 9.17) is 9.47 Å². The molecular weight excluding hydrogens is 356 g/mol. The lowest BCUT2D eigenvalue weighted by Gasteiger charge is -2.12. The molecule has 0 bridgehead atoms. The molecule has 3 aromatic rings. The van der Waals surface area contributed by atoms with E-state index in [1.54, 1.807) is 31.4 Å². The first-order valence-corrected chi connectivity index (χ1v) is 8.71. The maximum absolute atomic E-state index is 12.8. The molecule has 3 rings (SSSR count). The SMILES string of the molecule is COc1ccc(OC)c(NC(=O)c2cc(C)nc(Nc3cccc(C)c3)n2)c1. The third-order valence-corrected chi connectivity index (χ3v) is 4.02. The van der Waals surface area contributed by atoms with E-state index < -0.39 is 0 Å². The monoisotopic (exact) mass is 378 g/mol. The van der Waals surface area contributed by atoms with Gasteiger partial charge in [-0.05, 0) is 49.7 Å². The summed E-state index contributed by atoms with van der Waals surface area (Å²) < 4.78 is 10.5. The summed E-state index contributed by atoms with van der Waals surface area (Å²) in [5.74, 6) is 1.12. The Kier molecular flexibility index (Phi) is 5.74. The van der Waals surface area contributed by atoms with Crippen LogP contribution in [-0.4, -0.2) is 30.1 Å². The maximum atomic E-state index is 12.8. The molecule has 144 valence electrons. The summed E-state index contributed by atoms with van der Waals surface area (Å²) >= 11 is 0. The molecule has 1 amide bonds. The summed E-state index contributed by atoms with van der Waals surface area (Å²) in [6.45, 7) is 3.81. The Morgan fingerprint density at radius 1 is 0.964 bits per heavy atom. The Hall–Kier alpha value is -3.61. The van der Waals surface area contributed by atoms with Crippen molar-refractivity contribution in [1.82, 2.24) is 9.97 Å². The number of hydrogen-bond acceptors (Lipinski definition) is 6. The number of ether oxygens (including phenoxy) is 2. The molecule has 0 aliphatic rings. The zero-order chi connectivity index (χ0) is 20.1. The minimum atomic E-state index is -0.371. The summed E-state index contributed by atoms with van der Waals surface area (Å²) in [6.07, 6.45) is 0. The van der Waals surface area contributed by atoms with Gasteiger partial charge < -0.3 is 20.1 Å². The second-order valence-corrected chi connectivity index (χ2v) is 6.23. The Morgan fingerprint density at radius 3 is 2.50 bits per heavy atom. The fourth-order valence-corrected chi connectivity index (χ4v) is 2.69. The number of aryl methyl sites for hydroxylation is 2. The number of methoxy groups -OCH3 is 2. The number of anilines is 3. The van der Waals surface area contributed by atoms with Gasteiger partial charge in [-0.25, -0.2) is 9.97 Å². The zero-order valence-electron chi connectivity index (χ0n) is 16.2. The van der Waals surface area contributed by atoms with Gasteiger partial charge in [0.1, 0.15) is 17.2 Å². The summed E-state index contributed by atoms with van der Waals surface area (Å²) in [5.41, 5.74) is 3.38. The average Bonchev–Trinajstić information content (AvgIpc) is 2.67. The van der Waals surface area contributed by atoms with Crippen LogP contribution in [0.1, 0.15) is 21.7 Å². The van der Waals surface area contributed by atoms with Crippen LogP contribution in [0, 0.1) is 13.8 Å². The lowest BCUT2D eigenvalue weighted by Crippen LogP contribution is -2.16. The largest absolute Gasteiger partial charge is 0.497 e. The van der Waals surface area contributed by atoms with E-state index in [9.17, 15) is 4.79 Å². The highest BCUT2D eigenvalue weighted by Gasteiger charge is 2.14. The maximum Gasteiger partial charge on any atom is 0.274 e. The first-order valence-electron chi connectivity index (χ1n) is 8.71. The van der Waals surface area contributed by atoms with Gasteiger partial charge in [0, 0.05) is 17.4 Å². The zero-order valence-corrected chi connectivity index (χ0v) is 16.2. The van der Waals surface area contributed by atoms with Crippen LogP contribution < -0.4 is 20.1 Å². The molecule has 0 spiro atoms. The number of amides is 1. The predicted octanol–water partition coefficient (Wildman–Crippen LogP) is 4.11. The number of carbonyl (C=O) groups excluding carboxylic acids is 1. The van der Waals surface area contributed by atoms with Crippen molar-refractivity contribution in [3.63, 3.8) is 0 Å². The van der Waals surface area contributed by atoms with Gasteiger partial charge in [0.2, 0.25) is 5.95 Å². The Labute approximate surface area is 163 Å². The van der Waals surface area contributed by atoms with Crippen molar-refractivity contribution in [2.75, 3.05) is 24.9 Å². The van der Waals surface area contributed by atoms with E-state index in [-0.39, 0.29) is 11.6 Å². The molecule has 0 saturated carbocycles. The molecule has 2 aromatic carbocycles. The molecule has 7 nitrogen and oxygen atoms in total. The van der Waals surface area contributed by atoms with Crippen LogP contribution in [0.5, 0.6) is 11.5 Å². The van der Waals surface area contributed by atoms with Crippen LogP contribution in [0.15, 0.2) is 48.5 Å². The van der Waals surface area contributed by atoms with E-state index in [2.05, 4.69) is 20.6 Å². The standard InChI is InChI=1S/C21H22N4O3/c1-13-6-5-7-15(10-13)23-21-22-14(2)11-18(25-21)20(26)24-17-12-16(27-3)8-9-19(17)28-4/h5-12H,1-4H3,(H,24,26)(H,22,23,25). The Balaban J connectivity index is 1.85. The molecule has 0 saturated heterocycles. The van der Waals surface area contributed by atoms with E-state index >= 15 is 0 Å². The molecule has 0 fully saturated rings. The van der Waals surface area contributed by atoms with Gasteiger partial charge in [0.25, 0.3) is 5.91 Å². The summed E-state index contributed by atoms with van der Waals surface area (Å²) in [5, 5.41) is 5.96. The van der Waals surface area contributed by atoms with Crippen molar-refractivity contribution in [3.8, 4) is 11.5 Å². The van der Waals surface area contributed by atoms with Gasteiger partial charge in [0.15, 0.2) is 0 Å². The van der Waals surface area contributed by atoms with Crippen LogP contribution in [-0.2, 0) is 0 Å². The van der Waals surface area contributed by atoms with Gasteiger partial charge in [-0.3, -0.25) is 4.79 Å². The fraction of sp³-hybridized carbons (Fsp3) is 0.190. The van der Waals surface area contributed by atoms with Crippen molar-refractivity contribution >= 4 is 23.2 Å². The number of rotatable bonds is 6. The lowest BCUT2D eigenvalue weighted by molar-refractivity contribution is 0.102. The average molecular weight is 378 g/mol. The molecule has 2 N–H and O–H groups in total. The van der Waals surface area contributed by atoms with Crippen LogP contribution in [0.2, 0.25) is 0 Å². The van der Waals surface area contributed by atoms with Crippen molar-refractivity contribution < 1.29 is 14.3 Å². The first-order chi connectivity index (χ1) is 13.5. The number of carbonyl (C=O) groups is 1. The van der Waals surface area contributed by atoms with E-state index in [0.717, 1.165) is 11.3 Å². The van der Waals surface area contributed by atoms with Crippen molar-refractivity contribution in [1.29, 1.82) is 0 Å². The van der Waals surface area contributed by atoms with Crippen LogP contribution in [0.4, 0.5) is 17.3 Å². The second kappa shape index (κ2) is 8.39. The predicted molar refractivity (Wildman–Crippen MR) is 109 cm³/mol. The van der Waals surface area contributed by atoms with Gasteiger partial charge in [0.05, 0.1) is 19.9 Å². The summed E-state index contributed by atoms with van der Waals surface area (Å²) in [7, 11) is 3.10. The quantitative estimate of drug-likeness (QED) is 0.671. The van der Waals surface area contributed by atoms with Crippen molar-refractivity contribution in [2.24, 2.45) is 0 Å². The molecule has 0 aliphatic carbocycles. The minimum Gasteiger partial charge on any atom is -0.497 e. The van der Waals surface area contributed by atoms with E-state index in [0.29, 0.717) is 28.8 Å². The number of aromatic nitrogens is 2. The van der Waals surface area contributed by atoms with Crippen molar-refractivity contribution in [2.45, 2.75) is 13.8 Å². The number of hydrogen-bond donors (Lipinski definition) is 2. The first kappa shape index (κ1) is 19.2. The topological polar surface area (TPSA) is 85.4 Å². The van der Waals surface area contributed by atoms with Crippen molar-refractivity contribution in [3.05, 3.63) is 65.5 Å². The fourth-order valence-electron chi connectivity index (χ4n) is 2.69. The Morgan fingerprint density at radius 2 is 1.79 bits per heavy atom. The smallest absolute Gasteiger partial charge is 0.274 e.